The predicted molar refractivity (Wildman–Crippen MR) is 83.7 cm³/mol. The van der Waals surface area contributed by atoms with Gasteiger partial charge in [0.1, 0.15) is 5.82 Å². The monoisotopic (exact) mass is 278 g/mol. The number of anilines is 1. The molecule has 1 aromatic rings. The molecule has 1 aliphatic carbocycles. The SMILES string of the molecule is CCN(CCNCC1CCCCC1)c1ccccc1F. The highest BCUT2D eigenvalue weighted by molar-refractivity contribution is 5.47. The highest BCUT2D eigenvalue weighted by atomic mass is 19.1. The zero-order valence-electron chi connectivity index (χ0n) is 12.6. The summed E-state index contributed by atoms with van der Waals surface area (Å²) in [6, 6.07) is 7.04. The minimum Gasteiger partial charge on any atom is -0.368 e. The van der Waals surface area contributed by atoms with E-state index in [0.29, 0.717) is 0 Å². The number of rotatable bonds is 7. The first-order valence-electron chi connectivity index (χ1n) is 8.01. The second-order valence-electron chi connectivity index (χ2n) is 5.74. The Hall–Kier alpha value is -1.09. The molecule has 2 rings (SSSR count). The molecule has 1 saturated carbocycles. The summed E-state index contributed by atoms with van der Waals surface area (Å²) in [5.41, 5.74) is 0.717. The molecule has 1 aliphatic rings. The molecule has 0 atom stereocenters. The fraction of sp³-hybridized carbons (Fsp3) is 0.647. The maximum Gasteiger partial charge on any atom is 0.146 e. The summed E-state index contributed by atoms with van der Waals surface area (Å²) in [5, 5.41) is 3.55. The number of likely N-dealkylation sites (N-methyl/N-ethyl adjacent to an activating group) is 1. The molecule has 2 nitrogen and oxygen atoms in total. The lowest BCUT2D eigenvalue weighted by Gasteiger charge is -2.25. The Morgan fingerprint density at radius 3 is 2.65 bits per heavy atom. The summed E-state index contributed by atoms with van der Waals surface area (Å²) < 4.78 is 13.8. The first-order valence-corrected chi connectivity index (χ1v) is 8.01. The van der Waals surface area contributed by atoms with Crippen molar-refractivity contribution >= 4 is 5.69 Å². The molecule has 1 aromatic carbocycles. The Balaban J connectivity index is 1.72. The van der Waals surface area contributed by atoms with Crippen molar-refractivity contribution in [2.24, 2.45) is 5.92 Å². The van der Waals surface area contributed by atoms with E-state index in [1.54, 1.807) is 6.07 Å². The Morgan fingerprint density at radius 1 is 1.20 bits per heavy atom. The van der Waals surface area contributed by atoms with Gasteiger partial charge in [-0.25, -0.2) is 4.39 Å². The van der Waals surface area contributed by atoms with Crippen molar-refractivity contribution in [3.63, 3.8) is 0 Å². The van der Waals surface area contributed by atoms with Gasteiger partial charge in [0.15, 0.2) is 0 Å². The molecule has 1 fully saturated rings. The van der Waals surface area contributed by atoms with Crippen LogP contribution in [0.5, 0.6) is 0 Å². The number of benzene rings is 1. The van der Waals surface area contributed by atoms with Crippen LogP contribution in [0.3, 0.4) is 0 Å². The molecule has 0 spiro atoms. The number of nitrogens with one attached hydrogen (secondary N) is 1. The van der Waals surface area contributed by atoms with Crippen molar-refractivity contribution in [3.05, 3.63) is 30.1 Å². The fourth-order valence-electron chi connectivity index (χ4n) is 3.07. The number of nitrogens with zero attached hydrogens (tertiary/aromatic N) is 1. The average molecular weight is 278 g/mol. The summed E-state index contributed by atoms with van der Waals surface area (Å²) in [7, 11) is 0. The quantitative estimate of drug-likeness (QED) is 0.763. The molecule has 0 aromatic heterocycles. The molecular formula is C17H27FN2. The van der Waals surface area contributed by atoms with Gasteiger partial charge in [-0.2, -0.15) is 0 Å². The summed E-state index contributed by atoms with van der Waals surface area (Å²) in [4.78, 5) is 2.10. The van der Waals surface area contributed by atoms with E-state index in [1.807, 2.05) is 12.1 Å². The topological polar surface area (TPSA) is 15.3 Å². The number of halogens is 1. The molecular weight excluding hydrogens is 251 g/mol. The van der Waals surface area contributed by atoms with Gasteiger partial charge >= 0.3 is 0 Å². The van der Waals surface area contributed by atoms with Crippen molar-refractivity contribution in [1.29, 1.82) is 0 Å². The van der Waals surface area contributed by atoms with Crippen LogP contribution in [0.1, 0.15) is 39.0 Å². The zero-order chi connectivity index (χ0) is 14.2. The largest absolute Gasteiger partial charge is 0.368 e. The van der Waals surface area contributed by atoms with Gasteiger partial charge in [-0.3, -0.25) is 0 Å². The molecule has 0 aliphatic heterocycles. The third-order valence-electron chi connectivity index (χ3n) is 4.29. The highest BCUT2D eigenvalue weighted by Gasteiger charge is 2.13. The van der Waals surface area contributed by atoms with Crippen molar-refractivity contribution in [1.82, 2.24) is 5.32 Å². The van der Waals surface area contributed by atoms with Crippen LogP contribution in [0.2, 0.25) is 0 Å². The van der Waals surface area contributed by atoms with Crippen LogP contribution in [-0.2, 0) is 0 Å². The molecule has 0 heterocycles. The second-order valence-corrected chi connectivity index (χ2v) is 5.74. The van der Waals surface area contributed by atoms with E-state index in [4.69, 9.17) is 0 Å². The van der Waals surface area contributed by atoms with Gasteiger partial charge in [-0.05, 0) is 44.4 Å². The van der Waals surface area contributed by atoms with E-state index in [1.165, 1.54) is 38.2 Å². The summed E-state index contributed by atoms with van der Waals surface area (Å²) in [5.74, 6) is 0.730. The summed E-state index contributed by atoms with van der Waals surface area (Å²) in [6.45, 7) is 5.83. The molecule has 0 amide bonds. The van der Waals surface area contributed by atoms with Crippen molar-refractivity contribution in [3.8, 4) is 0 Å². The average Bonchev–Trinajstić information content (AvgIpc) is 2.50. The fourth-order valence-corrected chi connectivity index (χ4v) is 3.07. The van der Waals surface area contributed by atoms with Crippen molar-refractivity contribution in [2.45, 2.75) is 39.0 Å². The lowest BCUT2D eigenvalue weighted by Crippen LogP contribution is -2.34. The van der Waals surface area contributed by atoms with Crippen molar-refractivity contribution in [2.75, 3.05) is 31.1 Å². The van der Waals surface area contributed by atoms with Crippen LogP contribution in [0.4, 0.5) is 10.1 Å². The Labute approximate surface area is 122 Å². The highest BCUT2D eigenvalue weighted by Crippen LogP contribution is 2.22. The third-order valence-corrected chi connectivity index (χ3v) is 4.29. The van der Waals surface area contributed by atoms with Crippen LogP contribution >= 0.6 is 0 Å². The van der Waals surface area contributed by atoms with E-state index < -0.39 is 0 Å². The molecule has 0 radical (unpaired) electrons. The molecule has 20 heavy (non-hydrogen) atoms. The van der Waals surface area contributed by atoms with E-state index in [9.17, 15) is 4.39 Å². The Kier molecular flexibility index (Phi) is 6.31. The molecule has 112 valence electrons. The van der Waals surface area contributed by atoms with Gasteiger partial charge in [0, 0.05) is 19.6 Å². The van der Waals surface area contributed by atoms with Gasteiger partial charge in [0.25, 0.3) is 0 Å². The number of para-hydroxylation sites is 1. The Bertz CT molecular complexity index is 388. The van der Waals surface area contributed by atoms with Gasteiger partial charge in [0.2, 0.25) is 0 Å². The molecule has 0 bridgehead atoms. The normalized spacial score (nSPS) is 16.3. The number of hydrogen-bond donors (Lipinski definition) is 1. The zero-order valence-corrected chi connectivity index (χ0v) is 12.6. The van der Waals surface area contributed by atoms with Gasteiger partial charge < -0.3 is 10.2 Å². The molecule has 1 N–H and O–H groups in total. The smallest absolute Gasteiger partial charge is 0.146 e. The molecule has 0 saturated heterocycles. The van der Waals surface area contributed by atoms with Crippen LogP contribution in [0.25, 0.3) is 0 Å². The van der Waals surface area contributed by atoms with Crippen LogP contribution in [0.15, 0.2) is 24.3 Å². The first kappa shape index (κ1) is 15.3. The van der Waals surface area contributed by atoms with Gasteiger partial charge in [-0.15, -0.1) is 0 Å². The van der Waals surface area contributed by atoms with Crippen LogP contribution in [0, 0.1) is 11.7 Å². The van der Waals surface area contributed by atoms with E-state index in [2.05, 4.69) is 17.1 Å². The van der Waals surface area contributed by atoms with Crippen LogP contribution < -0.4 is 10.2 Å². The number of hydrogen-bond acceptors (Lipinski definition) is 2. The standard InChI is InChI=1S/C17H27FN2/c1-2-20(17-11-7-6-10-16(17)18)13-12-19-14-15-8-4-3-5-9-15/h6-7,10-11,15,19H,2-5,8-9,12-14H2,1H3. The minimum atomic E-state index is -0.123. The molecule has 3 heteroatoms. The maximum absolute atomic E-state index is 13.8. The van der Waals surface area contributed by atoms with E-state index >= 15 is 0 Å². The van der Waals surface area contributed by atoms with E-state index in [0.717, 1.165) is 37.8 Å². The van der Waals surface area contributed by atoms with E-state index in [-0.39, 0.29) is 5.82 Å². The molecule has 0 unspecified atom stereocenters. The van der Waals surface area contributed by atoms with Gasteiger partial charge in [-0.1, -0.05) is 31.4 Å². The third kappa shape index (κ3) is 4.48. The van der Waals surface area contributed by atoms with Crippen molar-refractivity contribution < 1.29 is 4.39 Å². The lowest BCUT2D eigenvalue weighted by atomic mass is 9.89. The minimum absolute atomic E-state index is 0.123. The van der Waals surface area contributed by atoms with Crippen LogP contribution in [-0.4, -0.2) is 26.2 Å². The maximum atomic E-state index is 13.8. The first-order chi connectivity index (χ1) is 9.81. The lowest BCUT2D eigenvalue weighted by molar-refractivity contribution is 0.343. The van der Waals surface area contributed by atoms with Gasteiger partial charge in [0.05, 0.1) is 5.69 Å². The summed E-state index contributed by atoms with van der Waals surface area (Å²) >= 11 is 0. The predicted octanol–water partition coefficient (Wildman–Crippen LogP) is 3.82. The summed E-state index contributed by atoms with van der Waals surface area (Å²) in [6.07, 6.45) is 6.94. The Morgan fingerprint density at radius 2 is 1.95 bits per heavy atom. The second kappa shape index (κ2) is 8.25.